The summed E-state index contributed by atoms with van der Waals surface area (Å²) in [5.41, 5.74) is 6.18. The number of benzene rings is 1. The predicted molar refractivity (Wildman–Crippen MR) is 54.2 cm³/mol. The zero-order valence-electron chi connectivity index (χ0n) is 8.00. The molecule has 2 atom stereocenters. The quantitative estimate of drug-likeness (QED) is 0.479. The number of isocyanates is 1. The van der Waals surface area contributed by atoms with E-state index in [1.807, 2.05) is 0 Å². The third kappa shape index (κ3) is 2.97. The van der Waals surface area contributed by atoms with Gasteiger partial charge in [-0.2, -0.15) is 4.99 Å². The lowest BCUT2D eigenvalue weighted by molar-refractivity contribution is 0.0243. The second kappa shape index (κ2) is 5.38. The number of rotatable bonds is 4. The first-order valence-corrected chi connectivity index (χ1v) is 4.43. The van der Waals surface area contributed by atoms with Crippen molar-refractivity contribution >= 4 is 11.8 Å². The first-order valence-electron chi connectivity index (χ1n) is 4.43. The lowest BCUT2D eigenvalue weighted by Crippen LogP contribution is -2.27. The normalized spacial score (nSPS) is 14.1. The lowest BCUT2D eigenvalue weighted by atomic mass is 10.0. The molecule has 0 bridgehead atoms. The van der Waals surface area contributed by atoms with E-state index in [9.17, 15) is 15.0 Å². The molecule has 0 spiro atoms. The summed E-state index contributed by atoms with van der Waals surface area (Å²) in [6.07, 6.45) is -0.609. The van der Waals surface area contributed by atoms with Crippen molar-refractivity contribution in [2.75, 3.05) is 6.54 Å². The number of aliphatic imine (C=N–C) groups is 1. The summed E-state index contributed by atoms with van der Waals surface area (Å²) in [5.74, 6) is 0. The first kappa shape index (κ1) is 11.6. The van der Waals surface area contributed by atoms with E-state index in [-0.39, 0.29) is 6.54 Å². The zero-order chi connectivity index (χ0) is 11.3. The Hall–Kier alpha value is -1.52. The summed E-state index contributed by atoms with van der Waals surface area (Å²) in [6, 6.07) is 6.23. The molecule has 1 rings (SSSR count). The minimum Gasteiger partial charge on any atom is -0.389 e. The molecule has 5 heteroatoms. The van der Waals surface area contributed by atoms with Crippen LogP contribution in [0.1, 0.15) is 11.7 Å². The molecule has 0 amide bonds. The van der Waals surface area contributed by atoms with Crippen molar-refractivity contribution in [3.05, 3.63) is 29.8 Å². The molecule has 0 radical (unpaired) electrons. The molecule has 2 unspecified atom stereocenters. The molecular formula is C10H12N2O3. The molecule has 80 valence electrons. The molecule has 0 aromatic heterocycles. The maximum Gasteiger partial charge on any atom is 0.240 e. The van der Waals surface area contributed by atoms with Crippen LogP contribution in [0.15, 0.2) is 29.3 Å². The van der Waals surface area contributed by atoms with E-state index in [4.69, 9.17) is 5.73 Å². The number of aliphatic hydroxyl groups is 2. The highest BCUT2D eigenvalue weighted by atomic mass is 16.3. The molecule has 1 aromatic carbocycles. The minimum atomic E-state index is -1.02. The van der Waals surface area contributed by atoms with Crippen LogP contribution < -0.4 is 5.73 Å². The minimum absolute atomic E-state index is 0.0184. The molecular weight excluding hydrogens is 196 g/mol. The van der Waals surface area contributed by atoms with Crippen molar-refractivity contribution in [3.63, 3.8) is 0 Å². The highest BCUT2D eigenvalue weighted by Crippen LogP contribution is 2.19. The Bertz CT molecular complexity index is 357. The van der Waals surface area contributed by atoms with Crippen LogP contribution in [0.5, 0.6) is 0 Å². The number of nitrogens with zero attached hydrogens (tertiary/aromatic N) is 1. The largest absolute Gasteiger partial charge is 0.389 e. The van der Waals surface area contributed by atoms with Gasteiger partial charge < -0.3 is 15.9 Å². The fourth-order valence-corrected chi connectivity index (χ4v) is 1.15. The van der Waals surface area contributed by atoms with Gasteiger partial charge in [0.15, 0.2) is 0 Å². The van der Waals surface area contributed by atoms with E-state index in [1.165, 1.54) is 6.08 Å². The van der Waals surface area contributed by atoms with Crippen molar-refractivity contribution in [1.82, 2.24) is 0 Å². The van der Waals surface area contributed by atoms with Crippen LogP contribution in [0.3, 0.4) is 0 Å². The van der Waals surface area contributed by atoms with Gasteiger partial charge in [0.1, 0.15) is 6.10 Å². The third-order valence-corrected chi connectivity index (χ3v) is 2.02. The van der Waals surface area contributed by atoms with Crippen LogP contribution in [0, 0.1) is 0 Å². The Morgan fingerprint density at radius 2 is 1.93 bits per heavy atom. The van der Waals surface area contributed by atoms with E-state index >= 15 is 0 Å². The predicted octanol–water partition coefficient (Wildman–Crippen LogP) is 0.00690. The van der Waals surface area contributed by atoms with Crippen LogP contribution in [-0.4, -0.2) is 28.9 Å². The maximum atomic E-state index is 9.95. The summed E-state index contributed by atoms with van der Waals surface area (Å²) in [4.78, 5) is 13.3. The maximum absolute atomic E-state index is 9.95. The van der Waals surface area contributed by atoms with E-state index < -0.39 is 12.2 Å². The molecule has 5 nitrogen and oxygen atoms in total. The van der Waals surface area contributed by atoms with Gasteiger partial charge in [-0.25, -0.2) is 4.79 Å². The van der Waals surface area contributed by atoms with Gasteiger partial charge in [0.05, 0.1) is 11.8 Å². The monoisotopic (exact) mass is 208 g/mol. The summed E-state index contributed by atoms with van der Waals surface area (Å²) >= 11 is 0. The number of aliphatic hydroxyl groups excluding tert-OH is 2. The zero-order valence-corrected chi connectivity index (χ0v) is 8.00. The molecule has 0 aliphatic carbocycles. The van der Waals surface area contributed by atoms with Crippen LogP contribution in [0.2, 0.25) is 0 Å². The Morgan fingerprint density at radius 3 is 2.40 bits per heavy atom. The second-order valence-electron chi connectivity index (χ2n) is 3.04. The molecule has 15 heavy (non-hydrogen) atoms. The Balaban J connectivity index is 2.83. The average molecular weight is 208 g/mol. The van der Waals surface area contributed by atoms with Gasteiger partial charge in [0.2, 0.25) is 6.08 Å². The Morgan fingerprint density at radius 1 is 1.33 bits per heavy atom. The topological polar surface area (TPSA) is 95.9 Å². The lowest BCUT2D eigenvalue weighted by Gasteiger charge is -2.16. The van der Waals surface area contributed by atoms with Gasteiger partial charge >= 0.3 is 0 Å². The Kier molecular flexibility index (Phi) is 4.15. The molecule has 1 aromatic rings. The van der Waals surface area contributed by atoms with Gasteiger partial charge in [-0.15, -0.1) is 0 Å². The molecule has 0 heterocycles. The van der Waals surface area contributed by atoms with Crippen molar-refractivity contribution in [2.24, 2.45) is 10.7 Å². The average Bonchev–Trinajstić information content (AvgIpc) is 2.28. The van der Waals surface area contributed by atoms with Crippen molar-refractivity contribution < 1.29 is 15.0 Å². The van der Waals surface area contributed by atoms with E-state index in [1.54, 1.807) is 24.3 Å². The summed E-state index contributed by atoms with van der Waals surface area (Å²) < 4.78 is 0. The van der Waals surface area contributed by atoms with E-state index in [0.717, 1.165) is 0 Å². The summed E-state index contributed by atoms with van der Waals surface area (Å²) in [6.45, 7) is -0.0184. The highest BCUT2D eigenvalue weighted by Gasteiger charge is 2.16. The molecule has 0 aliphatic rings. The number of hydrogen-bond acceptors (Lipinski definition) is 5. The van der Waals surface area contributed by atoms with Gasteiger partial charge in [0.25, 0.3) is 0 Å². The molecule has 0 fully saturated rings. The molecule has 0 saturated carbocycles. The van der Waals surface area contributed by atoms with E-state index in [2.05, 4.69) is 4.99 Å². The second-order valence-corrected chi connectivity index (χ2v) is 3.04. The number of nitrogens with two attached hydrogens (primary N) is 1. The van der Waals surface area contributed by atoms with Crippen molar-refractivity contribution in [1.29, 1.82) is 0 Å². The first-order chi connectivity index (χ1) is 7.19. The molecule has 4 N–H and O–H groups in total. The van der Waals surface area contributed by atoms with E-state index in [0.29, 0.717) is 11.3 Å². The van der Waals surface area contributed by atoms with Gasteiger partial charge in [-0.1, -0.05) is 12.1 Å². The molecule has 0 aliphatic heterocycles. The van der Waals surface area contributed by atoms with Gasteiger partial charge in [-0.05, 0) is 17.7 Å². The highest BCUT2D eigenvalue weighted by molar-refractivity contribution is 5.49. The van der Waals surface area contributed by atoms with Crippen LogP contribution >= 0.6 is 0 Å². The summed E-state index contributed by atoms with van der Waals surface area (Å²) in [5, 5.41) is 18.9. The fraction of sp³-hybridized carbons (Fsp3) is 0.300. The van der Waals surface area contributed by atoms with Crippen LogP contribution in [0.25, 0.3) is 0 Å². The third-order valence-electron chi connectivity index (χ3n) is 2.02. The standard InChI is InChI=1S/C10H12N2O3/c11-5-9(14)10(15)7-1-3-8(4-2-7)12-6-13/h1-4,9-10,14-15H,5,11H2. The Labute approximate surface area is 86.9 Å². The van der Waals surface area contributed by atoms with Gasteiger partial charge in [-0.3, -0.25) is 0 Å². The fourth-order valence-electron chi connectivity index (χ4n) is 1.15. The SMILES string of the molecule is NCC(O)C(O)c1ccc(N=C=O)cc1. The van der Waals surface area contributed by atoms with Crippen molar-refractivity contribution in [2.45, 2.75) is 12.2 Å². The van der Waals surface area contributed by atoms with Crippen molar-refractivity contribution in [3.8, 4) is 0 Å². The summed E-state index contributed by atoms with van der Waals surface area (Å²) in [7, 11) is 0. The van der Waals surface area contributed by atoms with Crippen LogP contribution in [0.4, 0.5) is 5.69 Å². The van der Waals surface area contributed by atoms with Gasteiger partial charge in [0, 0.05) is 6.54 Å². The number of carbonyl (C=O) groups excluding carboxylic acids is 1. The van der Waals surface area contributed by atoms with Crippen LogP contribution in [-0.2, 0) is 4.79 Å². The smallest absolute Gasteiger partial charge is 0.240 e. The number of hydrogen-bond donors (Lipinski definition) is 3. The molecule has 0 saturated heterocycles.